The number of aromatic amines is 1. The summed E-state index contributed by atoms with van der Waals surface area (Å²) in [6.45, 7) is 0.403. The third kappa shape index (κ3) is 4.10. The molecule has 3 rings (SSSR count). The molecule has 0 atom stereocenters. The Hall–Kier alpha value is -2.56. The number of carbonyl (C=O) groups excluding carboxylic acids is 1. The van der Waals surface area contributed by atoms with Gasteiger partial charge in [0, 0.05) is 24.7 Å². The summed E-state index contributed by atoms with van der Waals surface area (Å²) < 4.78 is 0.705. The average molecular weight is 419 g/mol. The van der Waals surface area contributed by atoms with Crippen LogP contribution in [0.5, 0.6) is 0 Å². The zero-order chi connectivity index (χ0) is 17.8. The van der Waals surface area contributed by atoms with E-state index in [2.05, 4.69) is 48.0 Å². The van der Waals surface area contributed by atoms with Gasteiger partial charge < -0.3 is 16.0 Å². The number of benzene rings is 1. The molecule has 25 heavy (non-hydrogen) atoms. The van der Waals surface area contributed by atoms with E-state index in [1.807, 2.05) is 6.07 Å². The lowest BCUT2D eigenvalue weighted by Gasteiger charge is -1.99. The summed E-state index contributed by atoms with van der Waals surface area (Å²) in [6.07, 6.45) is 2.10. The molecule has 0 aliphatic rings. The smallest absolute Gasteiger partial charge is 0.287 e. The van der Waals surface area contributed by atoms with E-state index < -0.39 is 0 Å². The first kappa shape index (κ1) is 17.3. The second-order valence-electron chi connectivity index (χ2n) is 5.12. The number of amides is 1. The number of pyridine rings is 1. The zero-order valence-corrected chi connectivity index (χ0v) is 15.3. The van der Waals surface area contributed by atoms with Crippen molar-refractivity contribution in [2.45, 2.75) is 6.42 Å². The molecule has 6 nitrogen and oxygen atoms in total. The van der Waals surface area contributed by atoms with Crippen molar-refractivity contribution < 1.29 is 4.79 Å². The summed E-state index contributed by atoms with van der Waals surface area (Å²) in [4.78, 5) is 23.3. The minimum Gasteiger partial charge on any atom is -0.383 e. The van der Waals surface area contributed by atoms with Gasteiger partial charge in [0.2, 0.25) is 0 Å². The fourth-order valence-corrected chi connectivity index (χ4v) is 2.67. The van der Waals surface area contributed by atoms with Crippen LogP contribution in [0.1, 0.15) is 22.6 Å². The first-order valence-corrected chi connectivity index (χ1v) is 8.54. The quantitative estimate of drug-likeness (QED) is 0.450. The monoisotopic (exact) mass is 417 g/mol. The van der Waals surface area contributed by atoms with E-state index in [4.69, 9.17) is 17.3 Å². The Morgan fingerprint density at radius 3 is 3.04 bits per heavy atom. The Kier molecular flexibility index (Phi) is 5.22. The van der Waals surface area contributed by atoms with Crippen LogP contribution in [0, 0.1) is 11.8 Å². The molecular formula is C17H13BrClN5O. The fraction of sp³-hybridized carbons (Fsp3) is 0.118. The second kappa shape index (κ2) is 7.55. The van der Waals surface area contributed by atoms with Crippen LogP contribution in [0.3, 0.4) is 0 Å². The number of anilines is 1. The highest BCUT2D eigenvalue weighted by molar-refractivity contribution is 9.10. The van der Waals surface area contributed by atoms with E-state index in [-0.39, 0.29) is 11.7 Å². The van der Waals surface area contributed by atoms with Gasteiger partial charge in [-0.05, 0) is 34.1 Å². The zero-order valence-electron chi connectivity index (χ0n) is 12.9. The van der Waals surface area contributed by atoms with E-state index in [9.17, 15) is 4.79 Å². The molecular weight excluding hydrogens is 406 g/mol. The number of imidazole rings is 1. The molecule has 1 amide bonds. The number of nitrogens with two attached hydrogens (primary N) is 1. The average Bonchev–Trinajstić information content (AvgIpc) is 3.03. The minimum absolute atomic E-state index is 0.225. The van der Waals surface area contributed by atoms with Gasteiger partial charge in [0.05, 0.1) is 15.0 Å². The molecule has 0 spiro atoms. The summed E-state index contributed by atoms with van der Waals surface area (Å²) in [5.41, 5.74) is 7.67. The van der Waals surface area contributed by atoms with E-state index >= 15 is 0 Å². The van der Waals surface area contributed by atoms with Gasteiger partial charge in [-0.1, -0.05) is 29.5 Å². The van der Waals surface area contributed by atoms with Gasteiger partial charge in [-0.15, -0.1) is 0 Å². The molecule has 4 N–H and O–H groups in total. The number of fused-ring (bicyclic) bond motifs is 1. The maximum absolute atomic E-state index is 12.1. The predicted molar refractivity (Wildman–Crippen MR) is 101 cm³/mol. The van der Waals surface area contributed by atoms with Crippen LogP contribution in [-0.2, 0) is 0 Å². The molecule has 2 aromatic heterocycles. The van der Waals surface area contributed by atoms with Gasteiger partial charge in [0.15, 0.2) is 5.82 Å². The number of rotatable bonds is 3. The van der Waals surface area contributed by atoms with Crippen LogP contribution in [-0.4, -0.2) is 27.4 Å². The highest BCUT2D eigenvalue weighted by atomic mass is 79.9. The molecule has 0 saturated heterocycles. The second-order valence-corrected chi connectivity index (χ2v) is 6.38. The molecule has 0 radical (unpaired) electrons. The summed E-state index contributed by atoms with van der Waals surface area (Å²) in [7, 11) is 0. The Morgan fingerprint density at radius 1 is 1.44 bits per heavy atom. The largest absolute Gasteiger partial charge is 0.383 e. The standard InChI is InChI=1S/C17H13BrClN5O/c18-11-8-10(9-22-15(11)20)4-1-2-7-21-17(25)16-23-13-6-3-5-12(19)14(13)24-16/h3,5-6,8-9H,2,7H2,(H2,20,22)(H,21,25)(H,23,24). The molecule has 3 aromatic rings. The molecule has 0 fully saturated rings. The lowest BCUT2D eigenvalue weighted by Crippen LogP contribution is -2.25. The third-order valence-corrected chi connectivity index (χ3v) is 4.26. The number of nitrogen functional groups attached to an aromatic ring is 1. The van der Waals surface area contributed by atoms with Crippen LogP contribution in [0.4, 0.5) is 5.82 Å². The van der Waals surface area contributed by atoms with Crippen molar-refractivity contribution in [3.63, 3.8) is 0 Å². The third-order valence-electron chi connectivity index (χ3n) is 3.32. The topological polar surface area (TPSA) is 96.7 Å². The maximum Gasteiger partial charge on any atom is 0.287 e. The number of nitrogens with zero attached hydrogens (tertiary/aromatic N) is 2. The summed E-state index contributed by atoms with van der Waals surface area (Å²) in [5.74, 6) is 6.28. The highest BCUT2D eigenvalue weighted by Crippen LogP contribution is 2.20. The van der Waals surface area contributed by atoms with Crippen LogP contribution >= 0.6 is 27.5 Å². The van der Waals surface area contributed by atoms with Crippen molar-refractivity contribution in [2.24, 2.45) is 0 Å². The molecule has 2 heterocycles. The first-order chi connectivity index (χ1) is 12.0. The summed E-state index contributed by atoms with van der Waals surface area (Å²) in [5, 5.41) is 3.26. The van der Waals surface area contributed by atoms with Crippen molar-refractivity contribution in [3.05, 3.63) is 51.3 Å². The number of hydrogen-bond acceptors (Lipinski definition) is 4. The van der Waals surface area contributed by atoms with E-state index in [0.29, 0.717) is 33.8 Å². The molecule has 0 unspecified atom stereocenters. The van der Waals surface area contributed by atoms with Crippen LogP contribution < -0.4 is 11.1 Å². The molecule has 0 saturated carbocycles. The minimum atomic E-state index is -0.300. The molecule has 0 aliphatic carbocycles. The summed E-state index contributed by atoms with van der Waals surface area (Å²) >= 11 is 9.35. The number of halogens is 2. The molecule has 126 valence electrons. The van der Waals surface area contributed by atoms with E-state index in [1.54, 1.807) is 24.4 Å². The molecule has 0 bridgehead atoms. The SMILES string of the molecule is Nc1ncc(C#CCCNC(=O)c2nc3c(Cl)cccc3[nH]2)cc1Br. The molecule has 1 aromatic carbocycles. The number of hydrogen-bond donors (Lipinski definition) is 3. The Labute approximate surface area is 157 Å². The highest BCUT2D eigenvalue weighted by Gasteiger charge is 2.12. The van der Waals surface area contributed by atoms with Crippen molar-refractivity contribution in [1.82, 2.24) is 20.3 Å². The van der Waals surface area contributed by atoms with Gasteiger partial charge in [0.1, 0.15) is 11.3 Å². The Bertz CT molecular complexity index is 1010. The van der Waals surface area contributed by atoms with Crippen molar-refractivity contribution in [2.75, 3.05) is 12.3 Å². The summed E-state index contributed by atoms with van der Waals surface area (Å²) in [6, 6.07) is 7.14. The Balaban J connectivity index is 1.56. The fourth-order valence-electron chi connectivity index (χ4n) is 2.11. The van der Waals surface area contributed by atoms with Crippen molar-refractivity contribution in [3.8, 4) is 11.8 Å². The van der Waals surface area contributed by atoms with Crippen LogP contribution in [0.15, 0.2) is 34.9 Å². The van der Waals surface area contributed by atoms with Gasteiger partial charge in [-0.25, -0.2) is 9.97 Å². The lowest BCUT2D eigenvalue weighted by atomic mass is 10.2. The molecule has 8 heteroatoms. The van der Waals surface area contributed by atoms with Gasteiger partial charge in [0.25, 0.3) is 5.91 Å². The van der Waals surface area contributed by atoms with Crippen molar-refractivity contribution in [1.29, 1.82) is 0 Å². The van der Waals surface area contributed by atoms with E-state index in [1.165, 1.54) is 0 Å². The van der Waals surface area contributed by atoms with Crippen LogP contribution in [0.25, 0.3) is 11.0 Å². The lowest BCUT2D eigenvalue weighted by molar-refractivity contribution is 0.0945. The number of nitrogens with one attached hydrogen (secondary N) is 2. The Morgan fingerprint density at radius 2 is 2.28 bits per heavy atom. The number of para-hydroxylation sites is 1. The number of aromatic nitrogens is 3. The van der Waals surface area contributed by atoms with Gasteiger partial charge in [-0.2, -0.15) is 0 Å². The first-order valence-electron chi connectivity index (χ1n) is 7.37. The predicted octanol–water partition coefficient (Wildman–Crippen LogP) is 3.13. The van der Waals surface area contributed by atoms with E-state index in [0.717, 1.165) is 11.1 Å². The van der Waals surface area contributed by atoms with Crippen LogP contribution in [0.2, 0.25) is 5.02 Å². The van der Waals surface area contributed by atoms with Gasteiger partial charge in [-0.3, -0.25) is 4.79 Å². The number of H-pyrrole nitrogens is 1. The normalized spacial score (nSPS) is 10.3. The van der Waals surface area contributed by atoms with Gasteiger partial charge >= 0.3 is 0 Å². The molecule has 0 aliphatic heterocycles. The van der Waals surface area contributed by atoms with Crippen molar-refractivity contribution >= 4 is 50.3 Å². The maximum atomic E-state index is 12.1. The number of carbonyl (C=O) groups is 1.